The zero-order chi connectivity index (χ0) is 20.9. The molecule has 0 bridgehead atoms. The van der Waals surface area contributed by atoms with Gasteiger partial charge < -0.3 is 14.6 Å². The quantitative estimate of drug-likeness (QED) is 0.594. The molecule has 1 amide bonds. The number of nitrogens with zero attached hydrogens (tertiary/aromatic N) is 1. The SMILES string of the molecule is Cc1[nH]c(=O)c(CN2CCc3c(Cl)cc(OC(C)C)c(Cl)c3C2=O)c2ccsc12. The number of halogens is 2. The number of amides is 1. The van der Waals surface area contributed by atoms with Gasteiger partial charge in [-0.3, -0.25) is 9.59 Å². The minimum atomic E-state index is -0.240. The number of aromatic amines is 1. The molecule has 0 saturated carbocycles. The molecule has 1 aliphatic rings. The van der Waals surface area contributed by atoms with E-state index in [-0.39, 0.29) is 29.1 Å². The number of nitrogens with one attached hydrogen (secondary N) is 1. The lowest BCUT2D eigenvalue weighted by Crippen LogP contribution is -2.39. The van der Waals surface area contributed by atoms with Gasteiger partial charge in [-0.1, -0.05) is 23.2 Å². The number of benzene rings is 1. The summed E-state index contributed by atoms with van der Waals surface area (Å²) >= 11 is 14.5. The third kappa shape index (κ3) is 3.54. The number of pyridine rings is 1. The molecule has 8 heteroatoms. The fourth-order valence-electron chi connectivity index (χ4n) is 3.71. The highest BCUT2D eigenvalue weighted by atomic mass is 35.5. The van der Waals surface area contributed by atoms with E-state index in [2.05, 4.69) is 4.98 Å². The van der Waals surface area contributed by atoms with Crippen LogP contribution in [0.15, 0.2) is 22.3 Å². The summed E-state index contributed by atoms with van der Waals surface area (Å²) in [4.78, 5) is 30.5. The lowest BCUT2D eigenvalue weighted by Gasteiger charge is -2.30. The first kappa shape index (κ1) is 20.3. The molecule has 0 aliphatic carbocycles. The number of carbonyl (C=O) groups excluding carboxylic acids is 1. The van der Waals surface area contributed by atoms with Crippen molar-refractivity contribution in [2.45, 2.75) is 39.8 Å². The second-order valence-electron chi connectivity index (χ2n) is 7.39. The number of aryl methyl sites for hydroxylation is 1. The van der Waals surface area contributed by atoms with E-state index in [9.17, 15) is 9.59 Å². The minimum absolute atomic E-state index is 0.102. The van der Waals surface area contributed by atoms with Gasteiger partial charge >= 0.3 is 0 Å². The van der Waals surface area contributed by atoms with E-state index in [4.69, 9.17) is 27.9 Å². The Bertz CT molecular complexity index is 1180. The number of carbonyl (C=O) groups is 1. The van der Waals surface area contributed by atoms with Crippen molar-refractivity contribution in [3.63, 3.8) is 0 Å². The van der Waals surface area contributed by atoms with Crippen LogP contribution < -0.4 is 10.3 Å². The van der Waals surface area contributed by atoms with Gasteiger partial charge in [-0.25, -0.2) is 0 Å². The molecule has 4 rings (SSSR count). The van der Waals surface area contributed by atoms with Gasteiger partial charge in [0.1, 0.15) is 5.75 Å². The second kappa shape index (κ2) is 7.67. The van der Waals surface area contributed by atoms with Crippen LogP contribution in [-0.4, -0.2) is 28.4 Å². The first-order valence-corrected chi connectivity index (χ1v) is 11.0. The number of hydrogen-bond donors (Lipinski definition) is 1. The molecule has 0 radical (unpaired) electrons. The van der Waals surface area contributed by atoms with Crippen LogP contribution in [0.2, 0.25) is 10.0 Å². The van der Waals surface area contributed by atoms with Crippen molar-refractivity contribution >= 4 is 50.5 Å². The van der Waals surface area contributed by atoms with Crippen molar-refractivity contribution in [2.75, 3.05) is 6.54 Å². The maximum atomic E-state index is 13.3. The van der Waals surface area contributed by atoms with Crippen LogP contribution >= 0.6 is 34.5 Å². The molecule has 3 heterocycles. The van der Waals surface area contributed by atoms with Crippen molar-refractivity contribution in [3.05, 3.63) is 60.3 Å². The summed E-state index contributed by atoms with van der Waals surface area (Å²) in [6, 6.07) is 3.60. The highest BCUT2D eigenvalue weighted by Crippen LogP contribution is 2.39. The van der Waals surface area contributed by atoms with Crippen molar-refractivity contribution in [1.82, 2.24) is 9.88 Å². The van der Waals surface area contributed by atoms with Crippen LogP contribution in [0, 0.1) is 6.92 Å². The summed E-state index contributed by atoms with van der Waals surface area (Å²) < 4.78 is 6.76. The van der Waals surface area contributed by atoms with Crippen LogP contribution in [-0.2, 0) is 13.0 Å². The van der Waals surface area contributed by atoms with Crippen LogP contribution in [0.1, 0.15) is 41.0 Å². The van der Waals surface area contributed by atoms with E-state index < -0.39 is 0 Å². The Hall–Kier alpha value is -2.02. The van der Waals surface area contributed by atoms with Gasteiger partial charge in [0.15, 0.2) is 0 Å². The Kier molecular flexibility index (Phi) is 5.36. The third-order valence-corrected chi connectivity index (χ3v) is 6.78. The molecule has 1 N–H and O–H groups in total. The monoisotopic (exact) mass is 450 g/mol. The Morgan fingerprint density at radius 3 is 2.79 bits per heavy atom. The Balaban J connectivity index is 1.74. The fourth-order valence-corrected chi connectivity index (χ4v) is 5.18. The molecular weight excluding hydrogens is 431 g/mol. The molecule has 1 aliphatic heterocycles. The maximum Gasteiger partial charge on any atom is 0.256 e. The standard InChI is InChI=1S/C21H20Cl2N2O3S/c1-10(2)28-16-8-15(22)13-4-6-25(21(27)17(13)18(16)23)9-14-12-5-7-29-19(12)11(3)24-20(14)26/h5,7-8,10H,4,6,9H2,1-3H3,(H,24,26). The van der Waals surface area contributed by atoms with Gasteiger partial charge in [0.2, 0.25) is 0 Å². The van der Waals surface area contributed by atoms with Gasteiger partial charge in [0.05, 0.1) is 27.9 Å². The van der Waals surface area contributed by atoms with Crippen molar-refractivity contribution in [1.29, 1.82) is 0 Å². The van der Waals surface area contributed by atoms with Crippen LogP contribution in [0.25, 0.3) is 10.1 Å². The number of fused-ring (bicyclic) bond motifs is 2. The lowest BCUT2D eigenvalue weighted by atomic mass is 9.97. The van der Waals surface area contributed by atoms with Gasteiger partial charge in [0.25, 0.3) is 11.5 Å². The number of ether oxygens (including phenoxy) is 1. The van der Waals surface area contributed by atoms with Crippen molar-refractivity contribution in [3.8, 4) is 5.75 Å². The number of aromatic nitrogens is 1. The number of hydrogen-bond acceptors (Lipinski definition) is 4. The summed E-state index contributed by atoms with van der Waals surface area (Å²) in [6.45, 7) is 6.32. The minimum Gasteiger partial charge on any atom is -0.489 e. The van der Waals surface area contributed by atoms with Crippen LogP contribution in [0.3, 0.4) is 0 Å². The molecule has 152 valence electrons. The lowest BCUT2D eigenvalue weighted by molar-refractivity contribution is 0.0726. The van der Waals surface area contributed by atoms with E-state index in [0.29, 0.717) is 34.9 Å². The van der Waals surface area contributed by atoms with E-state index in [1.54, 1.807) is 22.3 Å². The van der Waals surface area contributed by atoms with E-state index in [0.717, 1.165) is 21.3 Å². The van der Waals surface area contributed by atoms with Crippen molar-refractivity contribution < 1.29 is 9.53 Å². The number of H-pyrrole nitrogens is 1. The van der Waals surface area contributed by atoms with Crippen LogP contribution in [0.4, 0.5) is 0 Å². The first-order chi connectivity index (χ1) is 13.8. The Labute approximate surface area is 182 Å². The summed E-state index contributed by atoms with van der Waals surface area (Å²) in [6.07, 6.45) is 0.465. The topological polar surface area (TPSA) is 62.4 Å². The number of rotatable bonds is 4. The smallest absolute Gasteiger partial charge is 0.256 e. The summed E-state index contributed by atoms with van der Waals surface area (Å²) in [7, 11) is 0. The highest BCUT2D eigenvalue weighted by molar-refractivity contribution is 7.17. The van der Waals surface area contributed by atoms with E-state index in [1.165, 1.54) is 0 Å². The predicted octanol–water partition coefficient (Wildman–Crippen LogP) is 5.19. The molecule has 2 aromatic heterocycles. The predicted molar refractivity (Wildman–Crippen MR) is 118 cm³/mol. The van der Waals surface area contributed by atoms with Gasteiger partial charge in [-0.05, 0) is 44.2 Å². The van der Waals surface area contributed by atoms with E-state index >= 15 is 0 Å². The molecule has 0 unspecified atom stereocenters. The number of thiophene rings is 1. The molecule has 3 aromatic rings. The summed E-state index contributed by atoms with van der Waals surface area (Å²) in [5, 5.41) is 3.58. The second-order valence-corrected chi connectivity index (χ2v) is 9.09. The van der Waals surface area contributed by atoms with Crippen molar-refractivity contribution in [2.24, 2.45) is 0 Å². The average molecular weight is 451 g/mol. The molecule has 0 spiro atoms. The summed E-state index contributed by atoms with van der Waals surface area (Å²) in [5.74, 6) is 0.157. The Morgan fingerprint density at radius 1 is 1.31 bits per heavy atom. The van der Waals surface area contributed by atoms with Crippen LogP contribution in [0.5, 0.6) is 5.75 Å². The molecule has 1 aromatic carbocycles. The molecule has 0 saturated heterocycles. The fraction of sp³-hybridized carbons (Fsp3) is 0.333. The summed E-state index contributed by atoms with van der Waals surface area (Å²) in [5.41, 5.74) is 2.34. The largest absolute Gasteiger partial charge is 0.489 e. The van der Waals surface area contributed by atoms with E-state index in [1.807, 2.05) is 32.2 Å². The average Bonchev–Trinajstić information content (AvgIpc) is 3.14. The zero-order valence-corrected chi connectivity index (χ0v) is 18.6. The maximum absolute atomic E-state index is 13.3. The Morgan fingerprint density at radius 2 is 2.07 bits per heavy atom. The van der Waals surface area contributed by atoms with Gasteiger partial charge in [-0.2, -0.15) is 0 Å². The molecular formula is C21H20Cl2N2O3S. The third-order valence-electron chi connectivity index (χ3n) is 5.03. The zero-order valence-electron chi connectivity index (χ0n) is 16.3. The van der Waals surface area contributed by atoms with Gasteiger partial charge in [0, 0.05) is 34.3 Å². The molecule has 0 atom stereocenters. The molecule has 5 nitrogen and oxygen atoms in total. The highest BCUT2D eigenvalue weighted by Gasteiger charge is 2.31. The van der Waals surface area contributed by atoms with Gasteiger partial charge in [-0.15, -0.1) is 11.3 Å². The normalized spacial score (nSPS) is 14.0. The first-order valence-electron chi connectivity index (χ1n) is 9.33. The molecule has 0 fully saturated rings. The molecule has 29 heavy (non-hydrogen) atoms.